The molecule has 1 fully saturated rings. The van der Waals surface area contributed by atoms with Gasteiger partial charge in [0.05, 0.1) is 6.04 Å². The number of aromatic nitrogens is 2. The summed E-state index contributed by atoms with van der Waals surface area (Å²) in [5, 5.41) is 19.5. The molecular formula is C16H21N5O2. The summed E-state index contributed by atoms with van der Waals surface area (Å²) in [6, 6.07) is 6.39. The number of phenolic OH excluding ortho intramolecular Hbond substituents is 2. The van der Waals surface area contributed by atoms with E-state index in [1.807, 2.05) is 0 Å². The summed E-state index contributed by atoms with van der Waals surface area (Å²) in [5.41, 5.74) is 6.68. The van der Waals surface area contributed by atoms with Crippen LogP contribution >= 0.6 is 0 Å². The maximum Gasteiger partial charge on any atom is 0.225 e. The van der Waals surface area contributed by atoms with Crippen LogP contribution in [-0.4, -0.2) is 57.8 Å². The van der Waals surface area contributed by atoms with Crippen molar-refractivity contribution in [2.75, 3.05) is 37.6 Å². The van der Waals surface area contributed by atoms with E-state index in [0.29, 0.717) is 6.54 Å². The molecule has 1 aliphatic rings. The zero-order valence-electron chi connectivity index (χ0n) is 12.8. The first kappa shape index (κ1) is 15.5. The lowest BCUT2D eigenvalue weighted by Crippen LogP contribution is -2.49. The van der Waals surface area contributed by atoms with Crippen molar-refractivity contribution in [2.24, 2.45) is 5.73 Å². The highest BCUT2D eigenvalue weighted by Gasteiger charge is 2.26. The molecule has 1 saturated heterocycles. The lowest BCUT2D eigenvalue weighted by Gasteiger charge is -2.39. The monoisotopic (exact) mass is 315 g/mol. The highest BCUT2D eigenvalue weighted by atomic mass is 16.3. The van der Waals surface area contributed by atoms with Crippen LogP contribution in [0.5, 0.6) is 11.5 Å². The molecule has 2 aromatic rings. The number of phenols is 2. The summed E-state index contributed by atoms with van der Waals surface area (Å²) in [5.74, 6) is 0.867. The van der Waals surface area contributed by atoms with Crippen LogP contribution < -0.4 is 10.6 Å². The van der Waals surface area contributed by atoms with Crippen LogP contribution in [-0.2, 0) is 0 Å². The Morgan fingerprint density at radius 1 is 1.09 bits per heavy atom. The van der Waals surface area contributed by atoms with Crippen molar-refractivity contribution in [3.63, 3.8) is 0 Å². The van der Waals surface area contributed by atoms with Crippen molar-refractivity contribution >= 4 is 5.95 Å². The molecule has 2 heterocycles. The highest BCUT2D eigenvalue weighted by Crippen LogP contribution is 2.31. The van der Waals surface area contributed by atoms with Crippen LogP contribution in [0, 0.1) is 0 Å². The average molecular weight is 315 g/mol. The fourth-order valence-corrected chi connectivity index (χ4v) is 2.97. The van der Waals surface area contributed by atoms with E-state index in [1.54, 1.807) is 30.6 Å². The summed E-state index contributed by atoms with van der Waals surface area (Å²) in [4.78, 5) is 12.9. The number of rotatable bonds is 4. The number of anilines is 1. The minimum atomic E-state index is -0.0746. The van der Waals surface area contributed by atoms with Crippen LogP contribution in [0.4, 0.5) is 5.95 Å². The van der Waals surface area contributed by atoms with Crippen LogP contribution in [0.1, 0.15) is 11.6 Å². The molecule has 7 heteroatoms. The van der Waals surface area contributed by atoms with E-state index in [2.05, 4.69) is 19.8 Å². The standard InChI is InChI=1S/C16H21N5O2/c17-11-14(13-3-2-12(22)10-15(13)23)20-6-8-21(9-7-20)16-18-4-1-5-19-16/h1-5,10,14,22-23H,6-9,11,17H2. The molecule has 0 spiro atoms. The zero-order chi connectivity index (χ0) is 16.2. The Kier molecular flexibility index (Phi) is 4.59. The third kappa shape index (κ3) is 3.35. The third-order valence-electron chi connectivity index (χ3n) is 4.19. The summed E-state index contributed by atoms with van der Waals surface area (Å²) < 4.78 is 0. The van der Waals surface area contributed by atoms with Crippen molar-refractivity contribution in [1.82, 2.24) is 14.9 Å². The first-order chi connectivity index (χ1) is 11.2. The van der Waals surface area contributed by atoms with Gasteiger partial charge in [-0.05, 0) is 12.1 Å². The van der Waals surface area contributed by atoms with Gasteiger partial charge in [0.25, 0.3) is 0 Å². The molecule has 1 atom stereocenters. The predicted octanol–water partition coefficient (Wildman–Crippen LogP) is 0.710. The van der Waals surface area contributed by atoms with E-state index in [4.69, 9.17) is 5.73 Å². The Labute approximate surface area is 135 Å². The van der Waals surface area contributed by atoms with Gasteiger partial charge in [-0.25, -0.2) is 9.97 Å². The topological polar surface area (TPSA) is 98.7 Å². The third-order valence-corrected chi connectivity index (χ3v) is 4.19. The SMILES string of the molecule is NCC(c1ccc(O)cc1O)N1CCN(c2ncccn2)CC1. The number of piperazine rings is 1. The normalized spacial score (nSPS) is 17.2. The van der Waals surface area contributed by atoms with Gasteiger partial charge >= 0.3 is 0 Å². The molecule has 3 rings (SSSR count). The molecular weight excluding hydrogens is 294 g/mol. The largest absolute Gasteiger partial charge is 0.508 e. The summed E-state index contributed by atoms with van der Waals surface area (Å²) in [6.45, 7) is 3.62. The molecule has 1 aromatic heterocycles. The van der Waals surface area contributed by atoms with Crippen LogP contribution in [0.15, 0.2) is 36.7 Å². The van der Waals surface area contributed by atoms with Crippen molar-refractivity contribution in [1.29, 1.82) is 0 Å². The zero-order valence-corrected chi connectivity index (χ0v) is 12.8. The van der Waals surface area contributed by atoms with Crippen molar-refractivity contribution in [3.8, 4) is 11.5 Å². The van der Waals surface area contributed by atoms with Gasteiger partial charge < -0.3 is 20.8 Å². The molecule has 1 aliphatic heterocycles. The van der Waals surface area contributed by atoms with Crippen LogP contribution in [0.2, 0.25) is 0 Å². The highest BCUT2D eigenvalue weighted by molar-refractivity contribution is 5.41. The molecule has 7 nitrogen and oxygen atoms in total. The lowest BCUT2D eigenvalue weighted by atomic mass is 10.0. The van der Waals surface area contributed by atoms with Gasteiger partial charge in [-0.2, -0.15) is 0 Å². The van der Waals surface area contributed by atoms with Gasteiger partial charge in [0.2, 0.25) is 5.95 Å². The van der Waals surface area contributed by atoms with Gasteiger partial charge in [-0.1, -0.05) is 6.07 Å². The minimum absolute atomic E-state index is 0.0491. The van der Waals surface area contributed by atoms with E-state index < -0.39 is 0 Å². The average Bonchev–Trinajstić information content (AvgIpc) is 2.59. The molecule has 0 saturated carbocycles. The molecule has 0 bridgehead atoms. The van der Waals surface area contributed by atoms with Crippen molar-refractivity contribution in [3.05, 3.63) is 42.2 Å². The molecule has 4 N–H and O–H groups in total. The second-order valence-electron chi connectivity index (χ2n) is 5.57. The summed E-state index contributed by atoms with van der Waals surface area (Å²) in [7, 11) is 0. The number of hydrogen-bond acceptors (Lipinski definition) is 7. The van der Waals surface area contributed by atoms with E-state index in [-0.39, 0.29) is 17.5 Å². The van der Waals surface area contributed by atoms with E-state index in [1.165, 1.54) is 6.07 Å². The fourth-order valence-electron chi connectivity index (χ4n) is 2.97. The van der Waals surface area contributed by atoms with Gasteiger partial charge in [0.15, 0.2) is 0 Å². The van der Waals surface area contributed by atoms with Gasteiger partial charge in [-0.15, -0.1) is 0 Å². The van der Waals surface area contributed by atoms with Crippen LogP contribution in [0.25, 0.3) is 0 Å². The number of benzene rings is 1. The molecule has 23 heavy (non-hydrogen) atoms. The molecule has 0 aliphatic carbocycles. The quantitative estimate of drug-likeness (QED) is 0.764. The molecule has 122 valence electrons. The number of hydrogen-bond donors (Lipinski definition) is 3. The Bertz CT molecular complexity index is 644. The predicted molar refractivity (Wildman–Crippen MR) is 87.4 cm³/mol. The van der Waals surface area contributed by atoms with E-state index in [9.17, 15) is 10.2 Å². The smallest absolute Gasteiger partial charge is 0.225 e. The van der Waals surface area contributed by atoms with Crippen molar-refractivity contribution < 1.29 is 10.2 Å². The van der Waals surface area contributed by atoms with Gasteiger partial charge in [-0.3, -0.25) is 4.90 Å². The minimum Gasteiger partial charge on any atom is -0.508 e. The molecule has 1 aromatic carbocycles. The Hall–Kier alpha value is -2.38. The summed E-state index contributed by atoms with van der Waals surface area (Å²) >= 11 is 0. The molecule has 0 amide bonds. The maximum atomic E-state index is 10.1. The second-order valence-corrected chi connectivity index (χ2v) is 5.57. The van der Waals surface area contributed by atoms with Crippen molar-refractivity contribution in [2.45, 2.75) is 6.04 Å². The summed E-state index contributed by atoms with van der Waals surface area (Å²) in [6.07, 6.45) is 3.48. The molecule has 0 radical (unpaired) electrons. The molecule has 1 unspecified atom stereocenters. The number of nitrogens with zero attached hydrogens (tertiary/aromatic N) is 4. The van der Waals surface area contributed by atoms with Crippen LogP contribution in [0.3, 0.4) is 0 Å². The van der Waals surface area contributed by atoms with Gasteiger partial charge in [0, 0.05) is 56.7 Å². The first-order valence-corrected chi connectivity index (χ1v) is 7.67. The maximum absolute atomic E-state index is 10.1. The Balaban J connectivity index is 1.70. The fraction of sp³-hybridized carbons (Fsp3) is 0.375. The first-order valence-electron chi connectivity index (χ1n) is 7.67. The Morgan fingerprint density at radius 2 is 1.78 bits per heavy atom. The van der Waals surface area contributed by atoms with Gasteiger partial charge in [0.1, 0.15) is 11.5 Å². The lowest BCUT2D eigenvalue weighted by molar-refractivity contribution is 0.186. The number of aromatic hydroxyl groups is 2. The van der Waals surface area contributed by atoms with E-state index in [0.717, 1.165) is 37.7 Å². The number of nitrogens with two attached hydrogens (primary N) is 1. The van der Waals surface area contributed by atoms with E-state index >= 15 is 0 Å². The second kappa shape index (κ2) is 6.80. The Morgan fingerprint density at radius 3 is 2.39 bits per heavy atom.